The van der Waals surface area contributed by atoms with Crippen LogP contribution in [0.1, 0.15) is 11.9 Å². The van der Waals surface area contributed by atoms with Crippen molar-refractivity contribution in [1.82, 2.24) is 4.57 Å². The monoisotopic (exact) mass is 247 g/mol. The van der Waals surface area contributed by atoms with E-state index < -0.39 is 31.1 Å². The number of aromatic nitrogens is 1. The number of aliphatic hydroxyl groups is 3. The van der Waals surface area contributed by atoms with Crippen LogP contribution in [0.3, 0.4) is 0 Å². The molecular weight excluding hydrogens is 234 g/mol. The van der Waals surface area contributed by atoms with E-state index >= 15 is 0 Å². The summed E-state index contributed by atoms with van der Waals surface area (Å²) in [5, 5.41) is 29.9. The molecule has 4 atom stereocenters. The van der Waals surface area contributed by atoms with Gasteiger partial charge in [-0.2, -0.15) is 0 Å². The van der Waals surface area contributed by atoms with Gasteiger partial charge in [0.05, 0.1) is 6.61 Å². The van der Waals surface area contributed by atoms with Gasteiger partial charge in [-0.05, 0) is 6.92 Å². The van der Waals surface area contributed by atoms with Crippen molar-refractivity contribution in [3.63, 3.8) is 0 Å². The van der Waals surface area contributed by atoms with Crippen molar-refractivity contribution < 1.29 is 20.1 Å². The van der Waals surface area contributed by atoms with Crippen LogP contribution < -0.4 is 4.87 Å². The fourth-order valence-electron chi connectivity index (χ4n) is 1.79. The van der Waals surface area contributed by atoms with Crippen molar-refractivity contribution in [3.8, 4) is 0 Å². The third kappa shape index (κ3) is 1.70. The van der Waals surface area contributed by atoms with Crippen LogP contribution in [-0.4, -0.2) is 44.8 Å². The van der Waals surface area contributed by atoms with Gasteiger partial charge in [-0.3, -0.25) is 9.36 Å². The van der Waals surface area contributed by atoms with Crippen molar-refractivity contribution in [2.24, 2.45) is 0 Å². The number of ether oxygens (including phenoxy) is 1. The lowest BCUT2D eigenvalue weighted by Gasteiger charge is -2.16. The van der Waals surface area contributed by atoms with Crippen LogP contribution >= 0.6 is 11.3 Å². The van der Waals surface area contributed by atoms with E-state index in [1.165, 1.54) is 4.57 Å². The van der Waals surface area contributed by atoms with E-state index in [0.717, 1.165) is 11.3 Å². The molecule has 0 radical (unpaired) electrons. The van der Waals surface area contributed by atoms with Gasteiger partial charge in [0.15, 0.2) is 6.23 Å². The molecule has 7 heteroatoms. The second-order valence-corrected chi connectivity index (χ2v) is 4.56. The highest BCUT2D eigenvalue weighted by Crippen LogP contribution is 2.29. The Balaban J connectivity index is 2.33. The van der Waals surface area contributed by atoms with Crippen molar-refractivity contribution in [3.05, 3.63) is 20.7 Å². The lowest BCUT2D eigenvalue weighted by molar-refractivity contribution is -0.0545. The summed E-state index contributed by atoms with van der Waals surface area (Å²) in [7, 11) is 0. The van der Waals surface area contributed by atoms with Gasteiger partial charge in [-0.25, -0.2) is 0 Å². The van der Waals surface area contributed by atoms with Crippen molar-refractivity contribution in [2.75, 3.05) is 6.61 Å². The largest absolute Gasteiger partial charge is 0.394 e. The Morgan fingerprint density at radius 3 is 2.62 bits per heavy atom. The minimum Gasteiger partial charge on any atom is -0.394 e. The maximum absolute atomic E-state index is 11.5. The maximum atomic E-state index is 11.5. The molecule has 0 aliphatic carbocycles. The molecule has 0 unspecified atom stereocenters. The Labute approximate surface area is 95.3 Å². The molecule has 0 saturated carbocycles. The van der Waals surface area contributed by atoms with Gasteiger partial charge in [0, 0.05) is 11.1 Å². The number of aliphatic hydroxyl groups excluding tert-OH is 3. The number of aryl methyl sites for hydroxylation is 1. The quantitative estimate of drug-likeness (QED) is 0.612. The molecule has 16 heavy (non-hydrogen) atoms. The van der Waals surface area contributed by atoms with Crippen LogP contribution in [0.4, 0.5) is 0 Å². The number of nitrogens with zero attached hydrogens (tertiary/aromatic N) is 1. The molecule has 3 N–H and O–H groups in total. The van der Waals surface area contributed by atoms with Gasteiger partial charge in [0.25, 0.3) is 0 Å². The van der Waals surface area contributed by atoms with Gasteiger partial charge in [0.1, 0.15) is 18.3 Å². The Hall–Kier alpha value is -0.730. The summed E-state index contributed by atoms with van der Waals surface area (Å²) in [6.07, 6.45) is -4.17. The van der Waals surface area contributed by atoms with Crippen molar-refractivity contribution in [1.29, 1.82) is 0 Å². The molecule has 2 heterocycles. The van der Waals surface area contributed by atoms with E-state index in [4.69, 9.17) is 9.84 Å². The van der Waals surface area contributed by atoms with E-state index in [9.17, 15) is 15.0 Å². The van der Waals surface area contributed by atoms with Gasteiger partial charge in [-0.15, -0.1) is 0 Å². The number of rotatable bonds is 2. The van der Waals surface area contributed by atoms with Gasteiger partial charge in [0.2, 0.25) is 0 Å². The minimum atomic E-state index is -1.21. The predicted molar refractivity (Wildman–Crippen MR) is 56.3 cm³/mol. The summed E-state index contributed by atoms with van der Waals surface area (Å²) in [4.78, 5) is 11.3. The SMILES string of the molecule is Cc1csc(=O)n1[C@@H]1O[C@H](CO)[C@@H](O)[C@H]1O. The van der Waals surface area contributed by atoms with Crippen LogP contribution in [0.25, 0.3) is 0 Å². The summed E-state index contributed by atoms with van der Waals surface area (Å²) in [5.74, 6) is 0. The highest BCUT2D eigenvalue weighted by atomic mass is 32.1. The van der Waals surface area contributed by atoms with Gasteiger partial charge < -0.3 is 20.1 Å². The standard InChI is InChI=1S/C9H13NO5S/c1-4-3-16-9(14)10(4)8-7(13)6(12)5(2-11)15-8/h3,5-8,11-13H,2H2,1H3/t5-,6-,7-,8-/m1/s1. The van der Waals surface area contributed by atoms with Gasteiger partial charge >= 0.3 is 4.87 Å². The van der Waals surface area contributed by atoms with E-state index in [1.807, 2.05) is 0 Å². The zero-order valence-corrected chi connectivity index (χ0v) is 9.42. The first-order valence-electron chi connectivity index (χ1n) is 4.85. The number of thiazole rings is 1. The third-order valence-corrected chi connectivity index (χ3v) is 3.54. The van der Waals surface area contributed by atoms with Crippen molar-refractivity contribution >= 4 is 11.3 Å². The fraction of sp³-hybridized carbons (Fsp3) is 0.667. The molecule has 0 amide bonds. The first-order chi connectivity index (χ1) is 7.56. The highest BCUT2D eigenvalue weighted by Gasteiger charge is 2.44. The highest BCUT2D eigenvalue weighted by molar-refractivity contribution is 7.07. The van der Waals surface area contributed by atoms with E-state index in [-0.39, 0.29) is 4.87 Å². The summed E-state index contributed by atoms with van der Waals surface area (Å²) in [6, 6.07) is 0. The Kier molecular flexibility index (Phi) is 3.13. The average molecular weight is 247 g/mol. The van der Waals surface area contributed by atoms with Crippen LogP contribution in [0, 0.1) is 6.92 Å². The molecule has 1 aliphatic heterocycles. The van der Waals surface area contributed by atoms with Crippen LogP contribution in [0.2, 0.25) is 0 Å². The third-order valence-electron chi connectivity index (χ3n) is 2.68. The first kappa shape index (κ1) is 11.7. The van der Waals surface area contributed by atoms with E-state index in [0.29, 0.717) is 5.69 Å². The van der Waals surface area contributed by atoms with Crippen LogP contribution in [-0.2, 0) is 4.74 Å². The first-order valence-corrected chi connectivity index (χ1v) is 5.73. The number of hydrogen-bond acceptors (Lipinski definition) is 6. The number of hydrogen-bond donors (Lipinski definition) is 3. The van der Waals surface area contributed by atoms with E-state index in [2.05, 4.69) is 0 Å². The Bertz CT molecular complexity index is 428. The summed E-state index contributed by atoms with van der Waals surface area (Å²) >= 11 is 1.00. The lowest BCUT2D eigenvalue weighted by atomic mass is 10.1. The molecule has 2 rings (SSSR count). The van der Waals surface area contributed by atoms with E-state index in [1.54, 1.807) is 12.3 Å². The zero-order chi connectivity index (χ0) is 11.9. The smallest absolute Gasteiger partial charge is 0.309 e. The molecule has 0 aromatic carbocycles. The molecule has 1 fully saturated rings. The molecule has 0 spiro atoms. The molecule has 1 aliphatic rings. The minimum absolute atomic E-state index is 0.257. The average Bonchev–Trinajstić information content (AvgIpc) is 2.72. The lowest BCUT2D eigenvalue weighted by Crippen LogP contribution is -2.34. The Morgan fingerprint density at radius 1 is 1.50 bits per heavy atom. The predicted octanol–water partition coefficient (Wildman–Crippen LogP) is -1.17. The van der Waals surface area contributed by atoms with Crippen molar-refractivity contribution in [2.45, 2.75) is 31.5 Å². The Morgan fingerprint density at radius 2 is 2.19 bits per heavy atom. The molecule has 0 bridgehead atoms. The zero-order valence-electron chi connectivity index (χ0n) is 8.61. The molecule has 90 valence electrons. The molecule has 1 saturated heterocycles. The second kappa shape index (κ2) is 4.27. The maximum Gasteiger partial charge on any atom is 0.309 e. The molecule has 1 aromatic heterocycles. The van der Waals surface area contributed by atoms with Crippen LogP contribution in [0.15, 0.2) is 10.2 Å². The molecule has 1 aromatic rings. The van der Waals surface area contributed by atoms with Crippen LogP contribution in [0.5, 0.6) is 0 Å². The normalized spacial score (nSPS) is 34.5. The summed E-state index contributed by atoms with van der Waals surface area (Å²) in [6.45, 7) is 1.32. The topological polar surface area (TPSA) is 91.9 Å². The molecule has 6 nitrogen and oxygen atoms in total. The molecular formula is C9H13NO5S. The van der Waals surface area contributed by atoms with Gasteiger partial charge in [-0.1, -0.05) is 11.3 Å². The summed E-state index contributed by atoms with van der Waals surface area (Å²) < 4.78 is 6.55. The fourth-order valence-corrected chi connectivity index (χ4v) is 2.54. The second-order valence-electron chi connectivity index (χ2n) is 3.74. The summed E-state index contributed by atoms with van der Waals surface area (Å²) in [5.41, 5.74) is 0.657.